The molecule has 0 radical (unpaired) electrons. The maximum atomic E-state index is 14.1. The third-order valence-corrected chi connectivity index (χ3v) is 11.4. The topological polar surface area (TPSA) is 120 Å². The SMILES string of the molecule is COc1cc(C=C2CC3(CC3)S(=O)(=O)N3C2=NOC3(CCS(C)(=O)=O)c2ccc(F)cc2)ccc1-n1cnc(C)c1. The Balaban J connectivity index is 1.46. The van der Waals surface area contributed by atoms with Crippen LogP contribution in [0.5, 0.6) is 5.75 Å². The van der Waals surface area contributed by atoms with E-state index in [0.29, 0.717) is 29.7 Å². The summed E-state index contributed by atoms with van der Waals surface area (Å²) in [5.41, 5.74) is 1.56. The zero-order chi connectivity index (χ0) is 29.2. The molecule has 6 rings (SSSR count). The second-order valence-electron chi connectivity index (χ2n) is 10.8. The molecule has 2 aromatic carbocycles. The highest BCUT2D eigenvalue weighted by Crippen LogP contribution is 2.58. The molecule has 3 aliphatic rings. The summed E-state index contributed by atoms with van der Waals surface area (Å²) in [5.74, 6) is -0.196. The van der Waals surface area contributed by atoms with Gasteiger partial charge in [-0.2, -0.15) is 0 Å². The molecule has 10 nitrogen and oxygen atoms in total. The number of ether oxygens (including phenoxy) is 1. The number of halogens is 1. The van der Waals surface area contributed by atoms with Crippen molar-refractivity contribution >= 4 is 31.8 Å². The van der Waals surface area contributed by atoms with E-state index < -0.39 is 36.1 Å². The summed E-state index contributed by atoms with van der Waals surface area (Å²) < 4.78 is 74.2. The summed E-state index contributed by atoms with van der Waals surface area (Å²) in [5, 5.41) is 4.25. The third kappa shape index (κ3) is 4.60. The predicted octanol–water partition coefficient (Wildman–Crippen LogP) is 3.91. The van der Waals surface area contributed by atoms with Crippen LogP contribution in [0.25, 0.3) is 11.8 Å². The first-order chi connectivity index (χ1) is 19.4. The lowest BCUT2D eigenvalue weighted by atomic mass is 9.97. The number of benzene rings is 2. The van der Waals surface area contributed by atoms with Gasteiger partial charge in [-0.15, -0.1) is 0 Å². The zero-order valence-corrected chi connectivity index (χ0v) is 24.4. The number of aromatic nitrogens is 2. The van der Waals surface area contributed by atoms with E-state index in [0.717, 1.165) is 27.5 Å². The van der Waals surface area contributed by atoms with Crippen LogP contribution in [0.4, 0.5) is 4.39 Å². The number of nitrogens with zero attached hydrogens (tertiary/aromatic N) is 4. The lowest BCUT2D eigenvalue weighted by Gasteiger charge is -2.42. The number of rotatable bonds is 7. The van der Waals surface area contributed by atoms with Crippen LogP contribution in [0.3, 0.4) is 0 Å². The Morgan fingerprint density at radius 3 is 2.51 bits per heavy atom. The molecule has 1 unspecified atom stereocenters. The van der Waals surface area contributed by atoms with Crippen LogP contribution in [0.1, 0.15) is 42.5 Å². The number of aryl methyl sites for hydroxylation is 1. The minimum atomic E-state index is -4.03. The highest BCUT2D eigenvalue weighted by atomic mass is 32.2. The minimum absolute atomic E-state index is 0.0913. The molecule has 0 amide bonds. The molecule has 1 aromatic heterocycles. The van der Waals surface area contributed by atoms with Gasteiger partial charge in [-0.05, 0) is 62.1 Å². The molecule has 13 heteroatoms. The summed E-state index contributed by atoms with van der Waals surface area (Å²) in [6, 6.07) is 10.8. The summed E-state index contributed by atoms with van der Waals surface area (Å²) in [6.07, 6.45) is 7.41. The number of hydrogen-bond donors (Lipinski definition) is 0. The normalized spacial score (nSPS) is 23.3. The molecule has 1 aliphatic carbocycles. The minimum Gasteiger partial charge on any atom is -0.495 e. The van der Waals surface area contributed by atoms with Gasteiger partial charge in [0, 0.05) is 30.0 Å². The second-order valence-corrected chi connectivity index (χ2v) is 15.3. The van der Waals surface area contributed by atoms with Gasteiger partial charge in [0.15, 0.2) is 5.84 Å². The quantitative estimate of drug-likeness (QED) is 0.403. The molecular formula is C28H29FN4O6S2. The van der Waals surface area contributed by atoms with E-state index in [-0.39, 0.29) is 24.4 Å². The molecule has 0 N–H and O–H groups in total. The number of sulfone groups is 1. The molecule has 3 aromatic rings. The van der Waals surface area contributed by atoms with Crippen molar-refractivity contribution in [2.24, 2.45) is 5.16 Å². The van der Waals surface area contributed by atoms with Crippen molar-refractivity contribution < 1.29 is 30.8 Å². The number of fused-ring (bicyclic) bond motifs is 1. The highest BCUT2D eigenvalue weighted by molar-refractivity contribution is 7.91. The largest absolute Gasteiger partial charge is 0.495 e. The van der Waals surface area contributed by atoms with Gasteiger partial charge in [-0.1, -0.05) is 23.4 Å². The van der Waals surface area contributed by atoms with E-state index in [1.807, 2.05) is 42.0 Å². The summed E-state index contributed by atoms with van der Waals surface area (Å²) in [4.78, 5) is 10.2. The van der Waals surface area contributed by atoms with Crippen LogP contribution in [0.15, 0.2) is 65.7 Å². The van der Waals surface area contributed by atoms with Crippen molar-refractivity contribution in [3.05, 3.63) is 83.2 Å². The monoisotopic (exact) mass is 600 g/mol. The number of sulfonamides is 1. The summed E-state index contributed by atoms with van der Waals surface area (Å²) in [7, 11) is -5.97. The smallest absolute Gasteiger partial charge is 0.251 e. The van der Waals surface area contributed by atoms with Gasteiger partial charge < -0.3 is 14.1 Å². The van der Waals surface area contributed by atoms with Crippen molar-refractivity contribution in [2.45, 2.75) is 43.1 Å². The molecule has 1 spiro atoms. The van der Waals surface area contributed by atoms with Crippen molar-refractivity contribution in [2.75, 3.05) is 19.1 Å². The number of hydrogen-bond acceptors (Lipinski definition) is 8. The van der Waals surface area contributed by atoms with Crippen LogP contribution in [-0.4, -0.2) is 60.4 Å². The maximum absolute atomic E-state index is 14.1. The van der Waals surface area contributed by atoms with Crippen LogP contribution >= 0.6 is 0 Å². The van der Waals surface area contributed by atoms with Gasteiger partial charge in [-0.25, -0.2) is 30.5 Å². The first-order valence-electron chi connectivity index (χ1n) is 13.0. The highest BCUT2D eigenvalue weighted by Gasteiger charge is 2.68. The van der Waals surface area contributed by atoms with Crippen molar-refractivity contribution in [3.8, 4) is 11.4 Å². The van der Waals surface area contributed by atoms with Crippen LogP contribution < -0.4 is 4.74 Å². The van der Waals surface area contributed by atoms with E-state index in [1.165, 1.54) is 24.3 Å². The fourth-order valence-corrected chi connectivity index (χ4v) is 8.50. The van der Waals surface area contributed by atoms with E-state index >= 15 is 0 Å². The molecule has 1 atom stereocenters. The Bertz CT molecular complexity index is 1810. The molecule has 41 heavy (non-hydrogen) atoms. The first-order valence-corrected chi connectivity index (χ1v) is 16.5. The average Bonchev–Trinajstić information content (AvgIpc) is 3.40. The third-order valence-electron chi connectivity index (χ3n) is 7.84. The van der Waals surface area contributed by atoms with Crippen molar-refractivity contribution in [1.82, 2.24) is 13.9 Å². The molecule has 2 fully saturated rings. The molecule has 2 aliphatic heterocycles. The van der Waals surface area contributed by atoms with E-state index in [2.05, 4.69) is 10.1 Å². The molecular weight excluding hydrogens is 571 g/mol. The Morgan fingerprint density at radius 1 is 1.17 bits per heavy atom. The van der Waals surface area contributed by atoms with Crippen molar-refractivity contribution in [1.29, 1.82) is 0 Å². The van der Waals surface area contributed by atoms with Gasteiger partial charge in [0.2, 0.25) is 10.0 Å². The lowest BCUT2D eigenvalue weighted by Crippen LogP contribution is -2.57. The van der Waals surface area contributed by atoms with Crippen LogP contribution in [0, 0.1) is 12.7 Å². The molecule has 1 saturated heterocycles. The molecule has 3 heterocycles. The number of oxime groups is 1. The number of methoxy groups -OCH3 is 1. The fourth-order valence-electron chi connectivity index (χ4n) is 5.51. The van der Waals surface area contributed by atoms with Crippen LogP contribution in [0.2, 0.25) is 0 Å². The summed E-state index contributed by atoms with van der Waals surface area (Å²) in [6.45, 7) is 1.89. The summed E-state index contributed by atoms with van der Waals surface area (Å²) >= 11 is 0. The fraction of sp³-hybridized carbons (Fsp3) is 0.357. The van der Waals surface area contributed by atoms with Gasteiger partial charge in [0.05, 0.1) is 35.3 Å². The van der Waals surface area contributed by atoms with Gasteiger partial charge >= 0.3 is 0 Å². The Hall–Kier alpha value is -3.71. The molecule has 216 valence electrons. The molecule has 1 saturated carbocycles. The number of imidazole rings is 1. The van der Waals surface area contributed by atoms with E-state index in [1.54, 1.807) is 13.4 Å². The van der Waals surface area contributed by atoms with Gasteiger partial charge in [0.25, 0.3) is 5.72 Å². The first kappa shape index (κ1) is 27.5. The Morgan fingerprint density at radius 2 is 1.90 bits per heavy atom. The van der Waals surface area contributed by atoms with E-state index in [4.69, 9.17) is 9.57 Å². The second kappa shape index (κ2) is 9.41. The maximum Gasteiger partial charge on any atom is 0.251 e. The number of amidine groups is 1. The van der Waals surface area contributed by atoms with Gasteiger partial charge in [0.1, 0.15) is 21.4 Å². The average molecular weight is 601 g/mol. The van der Waals surface area contributed by atoms with E-state index in [9.17, 15) is 21.2 Å². The van der Waals surface area contributed by atoms with Crippen molar-refractivity contribution in [3.63, 3.8) is 0 Å². The zero-order valence-electron chi connectivity index (χ0n) is 22.7. The van der Waals surface area contributed by atoms with Crippen LogP contribution in [-0.2, 0) is 30.4 Å². The predicted molar refractivity (Wildman–Crippen MR) is 151 cm³/mol. The Labute approximate surface area is 238 Å². The molecule has 0 bridgehead atoms. The lowest BCUT2D eigenvalue weighted by molar-refractivity contribution is -0.0794. The van der Waals surface area contributed by atoms with Gasteiger partial charge in [-0.3, -0.25) is 0 Å². The Kier molecular flexibility index (Phi) is 6.30. The standard InChI is InChI=1S/C28H29FN4O6S2/c1-19-17-32(18-30-19)24-9-4-20(15-25(24)38-2)14-21-16-27(10-11-27)41(36,37)33-26(21)31-39-28(33,12-13-40(3,34)35)22-5-7-23(29)8-6-22/h4-9,14-15,17-18H,10-13,16H2,1-3H3.